The monoisotopic (exact) mass is 193 g/mol. The number of nitrogens with two attached hydrogens (primary N) is 1. The van der Waals surface area contributed by atoms with Gasteiger partial charge in [0, 0.05) is 6.54 Å². The van der Waals surface area contributed by atoms with Crippen LogP contribution in [0.4, 0.5) is 0 Å². The third-order valence-corrected chi connectivity index (χ3v) is 2.30. The summed E-state index contributed by atoms with van der Waals surface area (Å²) in [4.78, 5) is 0. The second kappa shape index (κ2) is 5.75. The zero-order valence-electron chi connectivity index (χ0n) is 8.93. The first-order valence-corrected chi connectivity index (χ1v) is 4.94. The smallest absolute Gasteiger partial charge is 0.0587 e. The minimum atomic E-state index is 0.658. The molecule has 3 nitrogen and oxygen atoms in total. The van der Waals surface area contributed by atoms with Gasteiger partial charge >= 0.3 is 0 Å². The molecule has 78 valence electrons. The molecule has 0 amide bonds. The molecule has 0 aliphatic rings. The Morgan fingerprint density at radius 1 is 1.29 bits per heavy atom. The number of benzene rings is 1. The van der Waals surface area contributed by atoms with E-state index in [-0.39, 0.29) is 0 Å². The number of aryl methyl sites for hydroxylation is 2. The van der Waals surface area contributed by atoms with Gasteiger partial charge in [0.15, 0.2) is 0 Å². The maximum atomic E-state index is 5.15. The van der Waals surface area contributed by atoms with Crippen molar-refractivity contribution in [1.82, 2.24) is 10.7 Å². The van der Waals surface area contributed by atoms with Gasteiger partial charge in [-0.3, -0.25) is 5.84 Å². The molecule has 0 saturated heterocycles. The first-order chi connectivity index (χ1) is 6.74. The molecule has 1 rings (SSSR count). The molecule has 0 aliphatic heterocycles. The van der Waals surface area contributed by atoms with E-state index in [1.54, 1.807) is 0 Å². The summed E-state index contributed by atoms with van der Waals surface area (Å²) in [6.45, 7) is 5.88. The average Bonchev–Trinajstić information content (AvgIpc) is 2.18. The minimum Gasteiger partial charge on any atom is -0.303 e. The van der Waals surface area contributed by atoms with Gasteiger partial charge < -0.3 is 5.32 Å². The fourth-order valence-electron chi connectivity index (χ4n) is 1.45. The number of rotatable bonds is 5. The number of hydrazine groups is 1. The van der Waals surface area contributed by atoms with Crippen molar-refractivity contribution in [3.8, 4) is 0 Å². The van der Waals surface area contributed by atoms with E-state index in [4.69, 9.17) is 5.84 Å². The molecule has 0 unspecified atom stereocenters. The van der Waals surface area contributed by atoms with Crippen LogP contribution in [0.2, 0.25) is 0 Å². The third-order valence-electron chi connectivity index (χ3n) is 2.30. The predicted octanol–water partition coefficient (Wildman–Crippen LogP) is 0.856. The van der Waals surface area contributed by atoms with Crippen molar-refractivity contribution in [2.45, 2.75) is 20.3 Å². The quantitative estimate of drug-likeness (QED) is 0.281. The molecule has 0 radical (unpaired) electrons. The maximum absolute atomic E-state index is 5.15. The van der Waals surface area contributed by atoms with Gasteiger partial charge in [-0.15, -0.1) is 0 Å². The van der Waals surface area contributed by atoms with E-state index in [1.807, 2.05) is 0 Å². The van der Waals surface area contributed by atoms with Crippen LogP contribution in [0.15, 0.2) is 18.2 Å². The molecule has 0 aromatic heterocycles. The van der Waals surface area contributed by atoms with E-state index in [2.05, 4.69) is 42.8 Å². The minimum absolute atomic E-state index is 0.658. The van der Waals surface area contributed by atoms with E-state index in [9.17, 15) is 0 Å². The molecule has 4 N–H and O–H groups in total. The average molecular weight is 193 g/mol. The van der Waals surface area contributed by atoms with Gasteiger partial charge in [0.1, 0.15) is 0 Å². The first-order valence-electron chi connectivity index (χ1n) is 4.94. The Kier molecular flexibility index (Phi) is 4.59. The summed E-state index contributed by atoms with van der Waals surface area (Å²) in [5.74, 6) is 5.15. The van der Waals surface area contributed by atoms with Crippen LogP contribution in [-0.4, -0.2) is 13.2 Å². The van der Waals surface area contributed by atoms with Crippen LogP contribution >= 0.6 is 0 Å². The predicted molar refractivity (Wildman–Crippen MR) is 59.8 cm³/mol. The summed E-state index contributed by atoms with van der Waals surface area (Å²) < 4.78 is 0. The molecule has 0 bridgehead atoms. The molecule has 1 aromatic carbocycles. The van der Waals surface area contributed by atoms with Crippen LogP contribution in [0.5, 0.6) is 0 Å². The molecule has 0 spiro atoms. The molecular formula is C11H19N3. The number of hydrogen-bond acceptors (Lipinski definition) is 3. The second-order valence-corrected chi connectivity index (χ2v) is 3.56. The van der Waals surface area contributed by atoms with Gasteiger partial charge in [0.05, 0.1) is 6.67 Å². The van der Waals surface area contributed by atoms with Crippen LogP contribution in [0, 0.1) is 13.8 Å². The lowest BCUT2D eigenvalue weighted by Crippen LogP contribution is -2.34. The lowest BCUT2D eigenvalue weighted by Gasteiger charge is -2.07. The van der Waals surface area contributed by atoms with Crippen LogP contribution in [0.1, 0.15) is 16.7 Å². The highest BCUT2D eigenvalue weighted by atomic mass is 15.3. The number of hydrogen-bond donors (Lipinski definition) is 3. The van der Waals surface area contributed by atoms with Crippen LogP contribution in [0.25, 0.3) is 0 Å². The molecule has 0 fully saturated rings. The first kappa shape index (κ1) is 11.2. The van der Waals surface area contributed by atoms with Gasteiger partial charge in [-0.2, -0.15) is 0 Å². The Bertz CT molecular complexity index is 284. The van der Waals surface area contributed by atoms with Gasteiger partial charge in [-0.1, -0.05) is 23.8 Å². The summed E-state index contributed by atoms with van der Waals surface area (Å²) in [5, 5.41) is 3.19. The fourth-order valence-corrected chi connectivity index (χ4v) is 1.45. The van der Waals surface area contributed by atoms with Crippen molar-refractivity contribution in [1.29, 1.82) is 0 Å². The van der Waals surface area contributed by atoms with Crippen molar-refractivity contribution < 1.29 is 0 Å². The fraction of sp³-hybridized carbons (Fsp3) is 0.455. The van der Waals surface area contributed by atoms with Crippen molar-refractivity contribution in [2.24, 2.45) is 5.84 Å². The van der Waals surface area contributed by atoms with E-state index in [0.29, 0.717) is 6.67 Å². The van der Waals surface area contributed by atoms with Crippen molar-refractivity contribution in [3.05, 3.63) is 34.9 Å². The Morgan fingerprint density at radius 2 is 2.07 bits per heavy atom. The lowest BCUT2D eigenvalue weighted by atomic mass is 10.0. The van der Waals surface area contributed by atoms with E-state index in [0.717, 1.165) is 13.0 Å². The van der Waals surface area contributed by atoms with Gasteiger partial charge in [0.2, 0.25) is 0 Å². The van der Waals surface area contributed by atoms with Gasteiger partial charge in [-0.05, 0) is 31.4 Å². The van der Waals surface area contributed by atoms with Gasteiger partial charge in [-0.25, -0.2) is 5.43 Å². The zero-order chi connectivity index (χ0) is 10.4. The highest BCUT2D eigenvalue weighted by Gasteiger charge is 1.97. The van der Waals surface area contributed by atoms with Gasteiger partial charge in [0.25, 0.3) is 0 Å². The topological polar surface area (TPSA) is 50.1 Å². The van der Waals surface area contributed by atoms with Crippen LogP contribution < -0.4 is 16.6 Å². The highest BCUT2D eigenvalue weighted by Crippen LogP contribution is 2.10. The largest absolute Gasteiger partial charge is 0.303 e. The van der Waals surface area contributed by atoms with Crippen molar-refractivity contribution >= 4 is 0 Å². The molecule has 0 aliphatic carbocycles. The standard InChI is InChI=1S/C11H19N3/c1-9-3-4-10(2)11(7-9)5-6-13-8-14-12/h3-4,7,13-14H,5-6,8,12H2,1-2H3. The summed E-state index contributed by atoms with van der Waals surface area (Å²) in [5.41, 5.74) is 6.66. The third kappa shape index (κ3) is 3.46. The Labute approximate surface area is 85.7 Å². The molecule has 1 aromatic rings. The molecular weight excluding hydrogens is 174 g/mol. The summed E-state index contributed by atoms with van der Waals surface area (Å²) >= 11 is 0. The van der Waals surface area contributed by atoms with Crippen LogP contribution in [-0.2, 0) is 6.42 Å². The summed E-state index contributed by atoms with van der Waals surface area (Å²) in [7, 11) is 0. The van der Waals surface area contributed by atoms with E-state index < -0.39 is 0 Å². The SMILES string of the molecule is Cc1ccc(C)c(CCNCNN)c1. The van der Waals surface area contributed by atoms with E-state index >= 15 is 0 Å². The summed E-state index contributed by atoms with van der Waals surface area (Å²) in [6, 6.07) is 6.56. The number of nitrogens with one attached hydrogen (secondary N) is 2. The molecule has 0 atom stereocenters. The maximum Gasteiger partial charge on any atom is 0.0587 e. The molecule has 14 heavy (non-hydrogen) atoms. The normalized spacial score (nSPS) is 10.5. The molecule has 3 heteroatoms. The van der Waals surface area contributed by atoms with Crippen molar-refractivity contribution in [2.75, 3.05) is 13.2 Å². The Morgan fingerprint density at radius 3 is 2.79 bits per heavy atom. The summed E-state index contributed by atoms with van der Waals surface area (Å²) in [6.07, 6.45) is 1.05. The lowest BCUT2D eigenvalue weighted by molar-refractivity contribution is 0.601. The van der Waals surface area contributed by atoms with Crippen LogP contribution in [0.3, 0.4) is 0 Å². The van der Waals surface area contributed by atoms with Crippen molar-refractivity contribution in [3.63, 3.8) is 0 Å². The zero-order valence-corrected chi connectivity index (χ0v) is 8.93. The Balaban J connectivity index is 2.45. The van der Waals surface area contributed by atoms with E-state index in [1.165, 1.54) is 16.7 Å². The highest BCUT2D eigenvalue weighted by molar-refractivity contribution is 5.30. The molecule has 0 heterocycles. The Hall–Kier alpha value is -0.900. The second-order valence-electron chi connectivity index (χ2n) is 3.56. The molecule has 0 saturated carbocycles.